The topological polar surface area (TPSA) is 18.5 Å². The number of rotatable bonds is 4. The van der Waals surface area contributed by atoms with Crippen molar-refractivity contribution in [2.45, 2.75) is 24.5 Å². The van der Waals surface area contributed by atoms with Gasteiger partial charge < -0.3 is 9.47 Å². The zero-order valence-corrected chi connectivity index (χ0v) is 8.25. The maximum Gasteiger partial charge on any atom is 0.100 e. The number of methoxy groups -OCH3 is 1. The van der Waals surface area contributed by atoms with Crippen LogP contribution in [-0.2, 0) is 9.47 Å². The van der Waals surface area contributed by atoms with E-state index in [0.717, 1.165) is 0 Å². The molecular formula is C9H15ClO2. The van der Waals surface area contributed by atoms with E-state index in [1.807, 2.05) is 0 Å². The number of ether oxygens (including phenoxy) is 2. The molecule has 0 heterocycles. The lowest BCUT2D eigenvalue weighted by molar-refractivity contribution is -0.137. The lowest BCUT2D eigenvalue weighted by atomic mass is 9.79. The quantitative estimate of drug-likeness (QED) is 0.498. The standard InChI is InChI=1S/C9H15ClO2/c1-4-5-12-8-6(2)7(10)9(8)11-3/h4,6-9H,1,5H2,2-3H3/t6?,7-,8?,9?/m0/s1. The van der Waals surface area contributed by atoms with Crippen LogP contribution in [0, 0.1) is 5.92 Å². The Hall–Kier alpha value is -0.0500. The van der Waals surface area contributed by atoms with Crippen molar-refractivity contribution in [3.05, 3.63) is 12.7 Å². The highest BCUT2D eigenvalue weighted by molar-refractivity contribution is 6.22. The highest BCUT2D eigenvalue weighted by Crippen LogP contribution is 2.37. The van der Waals surface area contributed by atoms with Crippen LogP contribution in [0.25, 0.3) is 0 Å². The number of hydrogen-bond acceptors (Lipinski definition) is 2. The first-order chi connectivity index (χ1) is 5.72. The van der Waals surface area contributed by atoms with Crippen LogP contribution in [0.2, 0.25) is 0 Å². The Morgan fingerprint density at radius 2 is 2.17 bits per heavy atom. The van der Waals surface area contributed by atoms with E-state index in [4.69, 9.17) is 21.1 Å². The van der Waals surface area contributed by atoms with E-state index in [1.165, 1.54) is 0 Å². The van der Waals surface area contributed by atoms with Crippen molar-refractivity contribution < 1.29 is 9.47 Å². The molecule has 1 saturated carbocycles. The van der Waals surface area contributed by atoms with E-state index >= 15 is 0 Å². The normalized spacial score (nSPS) is 40.6. The summed E-state index contributed by atoms with van der Waals surface area (Å²) in [5.74, 6) is 0.372. The first kappa shape index (κ1) is 10.0. The summed E-state index contributed by atoms with van der Waals surface area (Å²) in [5, 5.41) is 0.0878. The summed E-state index contributed by atoms with van der Waals surface area (Å²) in [6, 6.07) is 0. The van der Waals surface area contributed by atoms with Gasteiger partial charge in [-0.05, 0) is 0 Å². The summed E-state index contributed by atoms with van der Waals surface area (Å²) < 4.78 is 10.7. The van der Waals surface area contributed by atoms with Gasteiger partial charge in [0.1, 0.15) is 6.10 Å². The minimum atomic E-state index is 0.0432. The van der Waals surface area contributed by atoms with Gasteiger partial charge in [0.2, 0.25) is 0 Å². The van der Waals surface area contributed by atoms with Crippen LogP contribution in [0.3, 0.4) is 0 Å². The third-order valence-electron chi connectivity index (χ3n) is 2.34. The highest BCUT2D eigenvalue weighted by Gasteiger charge is 2.48. The van der Waals surface area contributed by atoms with E-state index in [0.29, 0.717) is 12.5 Å². The van der Waals surface area contributed by atoms with Crippen molar-refractivity contribution in [3.63, 3.8) is 0 Å². The maximum atomic E-state index is 6.01. The van der Waals surface area contributed by atoms with Gasteiger partial charge >= 0.3 is 0 Å². The first-order valence-corrected chi connectivity index (χ1v) is 4.55. The van der Waals surface area contributed by atoms with Crippen molar-refractivity contribution in [3.8, 4) is 0 Å². The molecule has 3 unspecified atom stereocenters. The smallest absolute Gasteiger partial charge is 0.100 e. The first-order valence-electron chi connectivity index (χ1n) is 4.11. The number of hydrogen-bond donors (Lipinski definition) is 0. The van der Waals surface area contributed by atoms with Crippen LogP contribution in [0.5, 0.6) is 0 Å². The molecule has 0 N–H and O–H groups in total. The minimum absolute atomic E-state index is 0.0432. The zero-order chi connectivity index (χ0) is 9.14. The van der Waals surface area contributed by atoms with Gasteiger partial charge in [-0.1, -0.05) is 13.0 Å². The summed E-state index contributed by atoms with van der Waals surface area (Å²) in [6.45, 7) is 6.23. The Balaban J connectivity index is 2.37. The average molecular weight is 191 g/mol. The molecule has 0 bridgehead atoms. The van der Waals surface area contributed by atoms with Crippen LogP contribution in [0.15, 0.2) is 12.7 Å². The second-order valence-electron chi connectivity index (χ2n) is 3.09. The molecule has 70 valence electrons. The lowest BCUT2D eigenvalue weighted by Crippen LogP contribution is -2.57. The molecule has 12 heavy (non-hydrogen) atoms. The van der Waals surface area contributed by atoms with Crippen LogP contribution in [-0.4, -0.2) is 31.3 Å². The van der Waals surface area contributed by atoms with Crippen molar-refractivity contribution in [2.24, 2.45) is 5.92 Å². The predicted octanol–water partition coefficient (Wildman–Crippen LogP) is 1.83. The largest absolute Gasteiger partial charge is 0.377 e. The van der Waals surface area contributed by atoms with Crippen LogP contribution in [0.4, 0.5) is 0 Å². The summed E-state index contributed by atoms with van der Waals surface area (Å²) in [6.07, 6.45) is 1.91. The molecule has 1 aliphatic carbocycles. The van der Waals surface area contributed by atoms with Gasteiger partial charge in [-0.25, -0.2) is 0 Å². The second-order valence-corrected chi connectivity index (χ2v) is 3.59. The molecule has 0 radical (unpaired) electrons. The van der Waals surface area contributed by atoms with E-state index in [1.54, 1.807) is 13.2 Å². The molecule has 2 nitrogen and oxygen atoms in total. The summed E-state index contributed by atoms with van der Waals surface area (Å²) in [7, 11) is 1.66. The van der Waals surface area contributed by atoms with Gasteiger partial charge in [-0.15, -0.1) is 18.2 Å². The van der Waals surface area contributed by atoms with Crippen LogP contribution in [0.1, 0.15) is 6.92 Å². The van der Waals surface area contributed by atoms with E-state index < -0.39 is 0 Å². The molecular weight excluding hydrogens is 176 g/mol. The van der Waals surface area contributed by atoms with Gasteiger partial charge in [-0.2, -0.15) is 0 Å². The molecule has 0 spiro atoms. The SMILES string of the molecule is C=CCOC1C(C)[C@H](Cl)C1OC. The second kappa shape index (κ2) is 4.26. The Morgan fingerprint density at radius 3 is 2.67 bits per heavy atom. The minimum Gasteiger partial charge on any atom is -0.377 e. The van der Waals surface area contributed by atoms with Gasteiger partial charge in [0.25, 0.3) is 0 Å². The fraction of sp³-hybridized carbons (Fsp3) is 0.778. The maximum absolute atomic E-state index is 6.01. The van der Waals surface area contributed by atoms with Crippen LogP contribution < -0.4 is 0 Å². The molecule has 0 aromatic carbocycles. The molecule has 0 aliphatic heterocycles. The van der Waals surface area contributed by atoms with Gasteiger partial charge in [0.15, 0.2) is 0 Å². The van der Waals surface area contributed by atoms with Crippen molar-refractivity contribution in [1.29, 1.82) is 0 Å². The third kappa shape index (κ3) is 1.65. The monoisotopic (exact) mass is 190 g/mol. The fourth-order valence-corrected chi connectivity index (χ4v) is 1.89. The highest BCUT2D eigenvalue weighted by atomic mass is 35.5. The molecule has 4 atom stereocenters. The van der Waals surface area contributed by atoms with E-state index in [-0.39, 0.29) is 17.6 Å². The molecule has 1 rings (SSSR count). The zero-order valence-electron chi connectivity index (χ0n) is 7.50. The Bertz CT molecular complexity index is 161. The molecule has 0 amide bonds. The summed E-state index contributed by atoms with van der Waals surface area (Å²) >= 11 is 6.01. The molecule has 1 fully saturated rings. The van der Waals surface area contributed by atoms with Gasteiger partial charge in [-0.3, -0.25) is 0 Å². The Kier molecular flexibility index (Phi) is 3.56. The summed E-state index contributed by atoms with van der Waals surface area (Å²) in [4.78, 5) is 0. The Morgan fingerprint density at radius 1 is 1.50 bits per heavy atom. The van der Waals surface area contributed by atoms with Gasteiger partial charge in [0.05, 0.1) is 18.1 Å². The van der Waals surface area contributed by atoms with E-state index in [2.05, 4.69) is 13.5 Å². The Labute approximate surface area is 78.5 Å². The van der Waals surface area contributed by atoms with Crippen molar-refractivity contribution >= 4 is 11.6 Å². The molecule has 3 heteroatoms. The molecule has 0 aromatic rings. The predicted molar refractivity (Wildman–Crippen MR) is 49.5 cm³/mol. The third-order valence-corrected chi connectivity index (χ3v) is 2.98. The van der Waals surface area contributed by atoms with Crippen LogP contribution >= 0.6 is 11.6 Å². The molecule has 0 saturated heterocycles. The fourth-order valence-electron chi connectivity index (χ4n) is 1.51. The van der Waals surface area contributed by atoms with Crippen molar-refractivity contribution in [2.75, 3.05) is 13.7 Å². The molecule has 1 aliphatic rings. The van der Waals surface area contributed by atoms with E-state index in [9.17, 15) is 0 Å². The van der Waals surface area contributed by atoms with Crippen molar-refractivity contribution in [1.82, 2.24) is 0 Å². The summed E-state index contributed by atoms with van der Waals surface area (Å²) in [5.41, 5.74) is 0. The molecule has 0 aromatic heterocycles. The van der Waals surface area contributed by atoms with Gasteiger partial charge in [0, 0.05) is 13.0 Å². The average Bonchev–Trinajstić information content (AvgIpc) is 2.10. The number of halogens is 1. The number of alkyl halides is 1. The lowest BCUT2D eigenvalue weighted by Gasteiger charge is -2.45.